The first kappa shape index (κ1) is 25.9. The molecule has 3 aromatic carbocycles. The van der Waals surface area contributed by atoms with E-state index in [-0.39, 0.29) is 26.9 Å². The Kier molecular flexibility index (Phi) is 7.51. The lowest BCUT2D eigenvalue weighted by Crippen LogP contribution is -2.23. The number of para-hydroxylation sites is 1. The van der Waals surface area contributed by atoms with Gasteiger partial charge < -0.3 is 5.32 Å². The average molecular weight is 543 g/mol. The minimum absolute atomic E-state index is 0.00394. The highest BCUT2D eigenvalue weighted by Crippen LogP contribution is 2.27. The summed E-state index contributed by atoms with van der Waals surface area (Å²) in [4.78, 5) is 30.8. The summed E-state index contributed by atoms with van der Waals surface area (Å²) in [7, 11) is -0.863. The van der Waals surface area contributed by atoms with Gasteiger partial charge in [-0.3, -0.25) is 14.2 Å². The van der Waals surface area contributed by atoms with Crippen LogP contribution in [0.5, 0.6) is 0 Å². The van der Waals surface area contributed by atoms with Crippen molar-refractivity contribution < 1.29 is 13.2 Å². The number of aromatic nitrogens is 2. The van der Waals surface area contributed by atoms with E-state index in [2.05, 4.69) is 10.3 Å². The molecule has 0 spiro atoms. The second kappa shape index (κ2) is 10.4. The molecule has 1 amide bonds. The van der Waals surface area contributed by atoms with Crippen LogP contribution < -0.4 is 10.9 Å². The topological polar surface area (TPSA) is 101 Å². The van der Waals surface area contributed by atoms with E-state index in [1.54, 1.807) is 24.3 Å². The van der Waals surface area contributed by atoms with Gasteiger partial charge in [-0.05, 0) is 49.4 Å². The summed E-state index contributed by atoms with van der Waals surface area (Å²) in [6.45, 7) is 1.95. The number of rotatable bonds is 7. The SMILES string of the molecule is Cc1ccc(-n2c(SCC(=O)Nc3cc(S(=O)(=O)N(C)C)ccc3Cl)nc3ccccc3c2=O)cc1. The fourth-order valence-electron chi connectivity index (χ4n) is 3.42. The molecule has 0 unspecified atom stereocenters. The molecule has 0 saturated carbocycles. The van der Waals surface area contributed by atoms with Gasteiger partial charge in [0.2, 0.25) is 15.9 Å². The molecule has 0 aliphatic heterocycles. The highest BCUT2D eigenvalue weighted by Gasteiger charge is 2.20. The lowest BCUT2D eigenvalue weighted by Gasteiger charge is -2.15. The largest absolute Gasteiger partial charge is 0.324 e. The summed E-state index contributed by atoms with van der Waals surface area (Å²) in [6, 6.07) is 18.6. The van der Waals surface area contributed by atoms with Crippen LogP contribution in [-0.4, -0.2) is 48.0 Å². The Balaban J connectivity index is 1.63. The Morgan fingerprint density at radius 3 is 2.47 bits per heavy atom. The molecule has 0 aliphatic carbocycles. The molecule has 11 heteroatoms. The third-order valence-corrected chi connectivity index (χ3v) is 8.44. The number of anilines is 1. The van der Waals surface area contributed by atoms with E-state index in [9.17, 15) is 18.0 Å². The first-order chi connectivity index (χ1) is 17.1. The number of hydrogen-bond acceptors (Lipinski definition) is 6. The molecular formula is C25H23ClN4O4S2. The number of fused-ring (bicyclic) bond motifs is 1. The fourth-order valence-corrected chi connectivity index (χ4v) is 5.32. The molecule has 4 rings (SSSR count). The lowest BCUT2D eigenvalue weighted by molar-refractivity contribution is -0.113. The van der Waals surface area contributed by atoms with E-state index < -0.39 is 15.9 Å². The molecule has 0 bridgehead atoms. The Bertz CT molecular complexity index is 1620. The monoisotopic (exact) mass is 542 g/mol. The molecule has 0 atom stereocenters. The number of aryl methyl sites for hydroxylation is 1. The molecule has 8 nitrogen and oxygen atoms in total. The minimum Gasteiger partial charge on any atom is -0.324 e. The number of sulfonamides is 1. The number of carbonyl (C=O) groups excluding carboxylic acids is 1. The summed E-state index contributed by atoms with van der Waals surface area (Å²) in [5.74, 6) is -0.517. The highest BCUT2D eigenvalue weighted by atomic mass is 35.5. The number of carbonyl (C=O) groups is 1. The number of nitrogens with zero attached hydrogens (tertiary/aromatic N) is 3. The van der Waals surface area contributed by atoms with Gasteiger partial charge in [0.05, 0.1) is 37.9 Å². The summed E-state index contributed by atoms with van der Waals surface area (Å²) >= 11 is 7.30. The van der Waals surface area contributed by atoms with Gasteiger partial charge in [0.25, 0.3) is 5.56 Å². The Labute approximate surface area is 218 Å². The molecule has 0 radical (unpaired) electrons. The van der Waals surface area contributed by atoms with Crippen molar-refractivity contribution in [1.29, 1.82) is 0 Å². The maximum absolute atomic E-state index is 13.3. The molecule has 36 heavy (non-hydrogen) atoms. The van der Waals surface area contributed by atoms with Crippen LogP contribution in [-0.2, 0) is 14.8 Å². The van der Waals surface area contributed by atoms with Crippen LogP contribution >= 0.6 is 23.4 Å². The zero-order chi connectivity index (χ0) is 26.0. The second-order valence-electron chi connectivity index (χ2n) is 8.15. The van der Waals surface area contributed by atoms with Gasteiger partial charge in [-0.25, -0.2) is 17.7 Å². The van der Waals surface area contributed by atoms with Gasteiger partial charge >= 0.3 is 0 Å². The summed E-state index contributed by atoms with van der Waals surface area (Å²) < 4.78 is 27.5. The van der Waals surface area contributed by atoms with Crippen LogP contribution in [0, 0.1) is 6.92 Å². The van der Waals surface area contributed by atoms with Crippen molar-refractivity contribution >= 4 is 55.9 Å². The van der Waals surface area contributed by atoms with E-state index in [4.69, 9.17) is 11.6 Å². The summed E-state index contributed by atoms with van der Waals surface area (Å²) in [5, 5.41) is 3.69. The Hall–Kier alpha value is -3.18. The number of nitrogens with one attached hydrogen (secondary N) is 1. The Morgan fingerprint density at radius 1 is 1.08 bits per heavy atom. The summed E-state index contributed by atoms with van der Waals surface area (Å²) in [5.41, 5.74) is 2.14. The number of benzene rings is 3. The third-order valence-electron chi connectivity index (χ3n) is 5.36. The van der Waals surface area contributed by atoms with Crippen LogP contribution in [0.3, 0.4) is 0 Å². The number of hydrogen-bond donors (Lipinski definition) is 1. The lowest BCUT2D eigenvalue weighted by atomic mass is 10.2. The van der Waals surface area contributed by atoms with Crippen LogP contribution in [0.1, 0.15) is 5.56 Å². The quantitative estimate of drug-likeness (QED) is 0.275. The van der Waals surface area contributed by atoms with Crippen molar-refractivity contribution in [2.24, 2.45) is 0 Å². The van der Waals surface area contributed by atoms with E-state index >= 15 is 0 Å². The van der Waals surface area contributed by atoms with Crippen molar-refractivity contribution in [1.82, 2.24) is 13.9 Å². The predicted octanol–water partition coefficient (Wildman–Crippen LogP) is 4.33. The number of halogens is 1. The van der Waals surface area contributed by atoms with Crippen molar-refractivity contribution in [3.8, 4) is 5.69 Å². The smallest absolute Gasteiger partial charge is 0.266 e. The molecule has 1 N–H and O–H groups in total. The van der Waals surface area contributed by atoms with Crippen LogP contribution in [0.2, 0.25) is 5.02 Å². The van der Waals surface area contributed by atoms with Crippen LogP contribution in [0.25, 0.3) is 16.6 Å². The highest BCUT2D eigenvalue weighted by molar-refractivity contribution is 7.99. The number of amides is 1. The zero-order valence-electron chi connectivity index (χ0n) is 19.7. The normalized spacial score (nSPS) is 11.7. The van der Waals surface area contributed by atoms with Gasteiger partial charge in [-0.2, -0.15) is 0 Å². The third kappa shape index (κ3) is 5.31. The predicted molar refractivity (Wildman–Crippen MR) is 144 cm³/mol. The van der Waals surface area contributed by atoms with Gasteiger partial charge in [-0.15, -0.1) is 0 Å². The summed E-state index contributed by atoms with van der Waals surface area (Å²) in [6.07, 6.45) is 0. The van der Waals surface area contributed by atoms with Gasteiger partial charge in [0.1, 0.15) is 0 Å². The maximum Gasteiger partial charge on any atom is 0.266 e. The molecule has 1 aromatic heterocycles. The molecule has 186 valence electrons. The van der Waals surface area contributed by atoms with E-state index in [0.29, 0.717) is 21.7 Å². The molecule has 0 saturated heterocycles. The Morgan fingerprint density at radius 2 is 1.78 bits per heavy atom. The average Bonchev–Trinajstić information content (AvgIpc) is 2.85. The van der Waals surface area contributed by atoms with Crippen LogP contribution in [0.4, 0.5) is 5.69 Å². The van der Waals surface area contributed by atoms with Crippen molar-refractivity contribution in [3.63, 3.8) is 0 Å². The first-order valence-corrected chi connectivity index (χ1v) is 13.6. The van der Waals surface area contributed by atoms with Crippen molar-refractivity contribution in [2.75, 3.05) is 25.2 Å². The van der Waals surface area contributed by atoms with Gasteiger partial charge in [0.15, 0.2) is 5.16 Å². The van der Waals surface area contributed by atoms with Gasteiger partial charge in [-0.1, -0.05) is 53.2 Å². The second-order valence-corrected chi connectivity index (χ2v) is 11.7. The molecule has 0 fully saturated rings. The van der Waals surface area contributed by atoms with E-state index in [1.165, 1.54) is 36.9 Å². The fraction of sp³-hybridized carbons (Fsp3) is 0.160. The zero-order valence-corrected chi connectivity index (χ0v) is 22.1. The van der Waals surface area contributed by atoms with Crippen molar-refractivity contribution in [3.05, 3.63) is 87.7 Å². The standard InChI is InChI=1S/C25H23ClN4O4S2/c1-16-8-10-17(11-9-16)30-24(32)19-6-4-5-7-21(19)28-25(30)35-15-23(31)27-22-14-18(12-13-20(22)26)36(33,34)29(2)3/h4-14H,15H2,1-3H3,(H,27,31). The van der Waals surface area contributed by atoms with Gasteiger partial charge in [0, 0.05) is 14.1 Å². The maximum atomic E-state index is 13.3. The minimum atomic E-state index is -3.70. The van der Waals surface area contributed by atoms with E-state index in [0.717, 1.165) is 21.6 Å². The first-order valence-electron chi connectivity index (χ1n) is 10.8. The molecule has 1 heterocycles. The molecule has 0 aliphatic rings. The molecule has 4 aromatic rings. The van der Waals surface area contributed by atoms with Crippen LogP contribution in [0.15, 0.2) is 81.6 Å². The number of thioether (sulfide) groups is 1. The molecular weight excluding hydrogens is 520 g/mol. The van der Waals surface area contributed by atoms with E-state index in [1.807, 2.05) is 31.2 Å². The van der Waals surface area contributed by atoms with Crippen molar-refractivity contribution in [2.45, 2.75) is 17.0 Å².